The molecule has 9 heteroatoms. The summed E-state index contributed by atoms with van der Waals surface area (Å²) in [5.41, 5.74) is 1.20. The molecule has 0 aliphatic carbocycles. The zero-order valence-electron chi connectivity index (χ0n) is 18.1. The first-order valence-corrected chi connectivity index (χ1v) is 11.8. The van der Waals surface area contributed by atoms with Gasteiger partial charge in [-0.05, 0) is 55.3 Å². The number of carbonyl (C=O) groups excluding carboxylic acids is 1. The Hall–Kier alpha value is -3.33. The highest BCUT2D eigenvalue weighted by atomic mass is 32.2. The number of carbonyl (C=O) groups is 1. The van der Waals surface area contributed by atoms with Crippen LogP contribution in [0.15, 0.2) is 58.4 Å². The first-order valence-electron chi connectivity index (χ1n) is 10.3. The quantitative estimate of drug-likeness (QED) is 0.618. The number of nitrogens with one attached hydrogen (secondary N) is 2. The summed E-state index contributed by atoms with van der Waals surface area (Å²) in [5, 5.41) is 2.71. The third-order valence-corrected chi connectivity index (χ3v) is 6.31. The van der Waals surface area contributed by atoms with Gasteiger partial charge in [-0.2, -0.15) is 0 Å². The molecule has 1 heterocycles. The second-order valence-electron chi connectivity index (χ2n) is 7.20. The second-order valence-corrected chi connectivity index (χ2v) is 8.88. The highest BCUT2D eigenvalue weighted by Gasteiger charge is 2.17. The first kappa shape index (κ1) is 23.3. The Morgan fingerprint density at radius 3 is 2.53 bits per heavy atom. The molecule has 170 valence electrons. The van der Waals surface area contributed by atoms with E-state index >= 15 is 0 Å². The molecular weight excluding hydrogens is 430 g/mol. The molecule has 0 unspecified atom stereocenters. The van der Waals surface area contributed by atoms with Crippen molar-refractivity contribution in [2.24, 2.45) is 4.99 Å². The second kappa shape index (κ2) is 10.8. The van der Waals surface area contributed by atoms with E-state index in [2.05, 4.69) is 15.0 Å². The number of amides is 1. The molecule has 3 rings (SSSR count). The molecule has 8 nitrogen and oxygen atoms in total. The van der Waals surface area contributed by atoms with Gasteiger partial charge in [-0.15, -0.1) is 0 Å². The Morgan fingerprint density at radius 1 is 1.03 bits per heavy atom. The third-order valence-electron chi connectivity index (χ3n) is 4.91. The van der Waals surface area contributed by atoms with Crippen LogP contribution in [0.1, 0.15) is 31.2 Å². The molecule has 2 aromatic carbocycles. The zero-order chi connectivity index (χ0) is 23.0. The van der Waals surface area contributed by atoms with Gasteiger partial charge < -0.3 is 14.8 Å². The summed E-state index contributed by atoms with van der Waals surface area (Å²) in [7, 11) is -0.607. The fourth-order valence-electron chi connectivity index (χ4n) is 3.19. The summed E-state index contributed by atoms with van der Waals surface area (Å²) in [6.45, 7) is 0.638. The lowest BCUT2D eigenvalue weighted by atomic mass is 10.1. The predicted molar refractivity (Wildman–Crippen MR) is 125 cm³/mol. The first-order chi connectivity index (χ1) is 15.4. The van der Waals surface area contributed by atoms with Crippen LogP contribution < -0.4 is 19.5 Å². The number of nitrogens with zero attached hydrogens (tertiary/aromatic N) is 1. The molecule has 32 heavy (non-hydrogen) atoms. The van der Waals surface area contributed by atoms with E-state index in [4.69, 9.17) is 9.47 Å². The van der Waals surface area contributed by atoms with Gasteiger partial charge in [-0.1, -0.05) is 6.42 Å². The Kier molecular flexibility index (Phi) is 7.88. The Bertz CT molecular complexity index is 1110. The fourth-order valence-corrected chi connectivity index (χ4v) is 4.28. The van der Waals surface area contributed by atoms with Crippen molar-refractivity contribution in [1.29, 1.82) is 0 Å². The van der Waals surface area contributed by atoms with Crippen molar-refractivity contribution in [3.05, 3.63) is 54.1 Å². The standard InChI is InChI=1S/C23H27N3O5S/c1-30-19-11-7-17(21(16-19)31-2)8-14-23(27)25-18-9-12-20(13-10-18)32(28,29)26-22-6-4-3-5-15-24-22/h7-14,16H,3-6,15H2,1-2H3,(H,24,26)(H,25,27). The van der Waals surface area contributed by atoms with Gasteiger partial charge in [0.15, 0.2) is 0 Å². The summed E-state index contributed by atoms with van der Waals surface area (Å²) in [4.78, 5) is 16.7. The van der Waals surface area contributed by atoms with Crippen molar-refractivity contribution in [1.82, 2.24) is 4.72 Å². The summed E-state index contributed by atoms with van der Waals surface area (Å²) in [6.07, 6.45) is 6.56. The van der Waals surface area contributed by atoms with Crippen LogP contribution in [0, 0.1) is 0 Å². The van der Waals surface area contributed by atoms with E-state index in [-0.39, 0.29) is 10.8 Å². The van der Waals surface area contributed by atoms with E-state index in [0.29, 0.717) is 36.0 Å². The average Bonchev–Trinajstić information content (AvgIpc) is 3.06. The van der Waals surface area contributed by atoms with Gasteiger partial charge in [0.25, 0.3) is 10.0 Å². The van der Waals surface area contributed by atoms with E-state index in [1.54, 1.807) is 50.6 Å². The van der Waals surface area contributed by atoms with Gasteiger partial charge in [0, 0.05) is 36.4 Å². The Balaban J connectivity index is 1.63. The summed E-state index contributed by atoms with van der Waals surface area (Å²) < 4.78 is 38.2. The minimum absolute atomic E-state index is 0.112. The molecular formula is C23H27N3O5S. The molecule has 1 aliphatic heterocycles. The van der Waals surface area contributed by atoms with E-state index in [1.165, 1.54) is 18.2 Å². The molecule has 1 amide bonds. The Labute approximate surface area is 188 Å². The monoisotopic (exact) mass is 457 g/mol. The van der Waals surface area contributed by atoms with Crippen molar-refractivity contribution >= 4 is 33.5 Å². The largest absolute Gasteiger partial charge is 0.497 e. The normalized spacial score (nSPS) is 14.4. The summed E-state index contributed by atoms with van der Waals surface area (Å²) >= 11 is 0. The number of rotatable bonds is 7. The Morgan fingerprint density at radius 2 is 1.81 bits per heavy atom. The van der Waals surface area contributed by atoms with Gasteiger partial charge in [-0.25, -0.2) is 8.42 Å². The number of ether oxygens (including phenoxy) is 2. The van der Waals surface area contributed by atoms with E-state index in [0.717, 1.165) is 24.8 Å². The van der Waals surface area contributed by atoms with Crippen molar-refractivity contribution in [3.63, 3.8) is 0 Å². The van der Waals surface area contributed by atoms with E-state index in [9.17, 15) is 13.2 Å². The number of hydrogen-bond acceptors (Lipinski definition) is 6. The molecule has 0 aromatic heterocycles. The van der Waals surface area contributed by atoms with Crippen LogP contribution in [0.5, 0.6) is 11.5 Å². The van der Waals surface area contributed by atoms with Crippen LogP contribution in [0.2, 0.25) is 0 Å². The lowest BCUT2D eigenvalue weighted by Crippen LogP contribution is -2.30. The molecule has 0 radical (unpaired) electrons. The minimum Gasteiger partial charge on any atom is -0.497 e. The van der Waals surface area contributed by atoms with Gasteiger partial charge in [0.1, 0.15) is 17.3 Å². The number of anilines is 1. The molecule has 0 saturated carbocycles. The van der Waals surface area contributed by atoms with Crippen molar-refractivity contribution < 1.29 is 22.7 Å². The van der Waals surface area contributed by atoms with Crippen LogP contribution in [0.3, 0.4) is 0 Å². The molecule has 0 spiro atoms. The maximum Gasteiger partial charge on any atom is 0.262 e. The van der Waals surface area contributed by atoms with Crippen molar-refractivity contribution in [2.45, 2.75) is 30.6 Å². The van der Waals surface area contributed by atoms with Crippen molar-refractivity contribution in [2.75, 3.05) is 26.1 Å². The summed E-state index contributed by atoms with van der Waals surface area (Å²) in [5.74, 6) is 1.37. The number of benzene rings is 2. The lowest BCUT2D eigenvalue weighted by Gasteiger charge is -2.10. The zero-order valence-corrected chi connectivity index (χ0v) is 18.9. The van der Waals surface area contributed by atoms with E-state index in [1.807, 2.05) is 0 Å². The topological polar surface area (TPSA) is 106 Å². The predicted octanol–water partition coefficient (Wildman–Crippen LogP) is 3.61. The average molecular weight is 458 g/mol. The molecule has 0 atom stereocenters. The molecule has 2 aromatic rings. The van der Waals surface area contributed by atoms with Gasteiger partial charge in [0.05, 0.1) is 19.1 Å². The van der Waals surface area contributed by atoms with Gasteiger partial charge in [0.2, 0.25) is 5.91 Å². The minimum atomic E-state index is -3.71. The lowest BCUT2D eigenvalue weighted by molar-refractivity contribution is -0.111. The van der Waals surface area contributed by atoms with Crippen LogP contribution in [0.4, 0.5) is 5.69 Å². The van der Waals surface area contributed by atoms with Gasteiger partial charge in [-0.3, -0.25) is 14.5 Å². The molecule has 0 saturated heterocycles. The van der Waals surface area contributed by atoms with Crippen LogP contribution in [-0.2, 0) is 14.8 Å². The molecule has 1 aliphatic rings. The highest BCUT2D eigenvalue weighted by Crippen LogP contribution is 2.25. The maximum atomic E-state index is 12.6. The number of aliphatic imine (C=N–C) groups is 1. The van der Waals surface area contributed by atoms with E-state index < -0.39 is 10.0 Å². The number of amidine groups is 1. The van der Waals surface area contributed by atoms with Crippen LogP contribution in [-0.4, -0.2) is 40.9 Å². The SMILES string of the molecule is COc1ccc(C=CC(=O)Nc2ccc(S(=O)(=O)NC3=NCCCCC3)cc2)c(OC)c1. The van der Waals surface area contributed by atoms with Crippen molar-refractivity contribution in [3.8, 4) is 11.5 Å². The maximum absolute atomic E-state index is 12.6. The third kappa shape index (κ3) is 6.34. The number of sulfonamides is 1. The number of methoxy groups -OCH3 is 2. The molecule has 0 fully saturated rings. The number of hydrogen-bond donors (Lipinski definition) is 2. The van der Waals surface area contributed by atoms with Crippen LogP contribution >= 0.6 is 0 Å². The van der Waals surface area contributed by atoms with Crippen LogP contribution in [0.25, 0.3) is 6.08 Å². The smallest absolute Gasteiger partial charge is 0.262 e. The van der Waals surface area contributed by atoms with Gasteiger partial charge >= 0.3 is 0 Å². The summed E-state index contributed by atoms with van der Waals surface area (Å²) in [6, 6.07) is 11.3. The molecule has 2 N–H and O–H groups in total. The molecule has 0 bridgehead atoms. The highest BCUT2D eigenvalue weighted by molar-refractivity contribution is 7.90. The fraction of sp³-hybridized carbons (Fsp3) is 0.304.